The Bertz CT molecular complexity index is 477. The first-order valence-electron chi connectivity index (χ1n) is 4.70. The second-order valence-corrected chi connectivity index (χ2v) is 3.87. The van der Waals surface area contributed by atoms with Gasteiger partial charge < -0.3 is 5.73 Å². The zero-order chi connectivity index (χ0) is 10.8. The van der Waals surface area contributed by atoms with Crippen LogP contribution in [0.5, 0.6) is 0 Å². The van der Waals surface area contributed by atoms with Gasteiger partial charge in [0.15, 0.2) is 0 Å². The molecule has 0 aromatic heterocycles. The average Bonchev–Trinajstić information content (AvgIpc) is 2.24. The summed E-state index contributed by atoms with van der Waals surface area (Å²) in [5.41, 5.74) is 9.70. The Morgan fingerprint density at radius 3 is 2.53 bits per heavy atom. The number of rotatable bonds is 1. The van der Waals surface area contributed by atoms with Gasteiger partial charge in [0.05, 0.1) is 0 Å². The lowest BCUT2D eigenvalue weighted by molar-refractivity contribution is 1.46. The van der Waals surface area contributed by atoms with Crippen LogP contribution in [-0.4, -0.2) is 0 Å². The molecule has 15 heavy (non-hydrogen) atoms. The molecule has 0 amide bonds. The predicted molar refractivity (Wildman–Crippen MR) is 64.9 cm³/mol. The smallest absolute Gasteiger partial charge is 0.0461 e. The van der Waals surface area contributed by atoms with Gasteiger partial charge >= 0.3 is 0 Å². The fraction of sp³-hybridized carbons (Fsp3) is 0.0769. The van der Waals surface area contributed by atoms with Gasteiger partial charge in [-0.3, -0.25) is 0 Å². The zero-order valence-corrected chi connectivity index (χ0v) is 9.18. The van der Waals surface area contributed by atoms with Crippen molar-refractivity contribution in [2.24, 2.45) is 0 Å². The molecule has 0 unspecified atom stereocenters. The Kier molecular flexibility index (Phi) is 2.65. The van der Waals surface area contributed by atoms with Crippen molar-refractivity contribution in [2.45, 2.75) is 6.92 Å². The van der Waals surface area contributed by atoms with Crippen LogP contribution in [-0.2, 0) is 0 Å². The van der Waals surface area contributed by atoms with Gasteiger partial charge in [-0.05, 0) is 41.8 Å². The first-order chi connectivity index (χ1) is 7.18. The van der Waals surface area contributed by atoms with Crippen molar-refractivity contribution in [3.63, 3.8) is 0 Å². The monoisotopic (exact) mass is 216 g/mol. The summed E-state index contributed by atoms with van der Waals surface area (Å²) in [6, 6.07) is 14.5. The number of nitrogen functional groups attached to an aromatic ring is 1. The normalized spacial score (nSPS) is 10.3. The van der Waals surface area contributed by atoms with E-state index in [2.05, 4.69) is 6.07 Å². The number of hydrogen-bond donors (Lipinski definition) is 1. The minimum absolute atomic E-state index is 0.688. The molecule has 2 aromatic rings. The summed E-state index contributed by atoms with van der Waals surface area (Å²) in [6.45, 7) is 1.99. The largest absolute Gasteiger partial charge is 0.399 e. The third kappa shape index (κ3) is 1.97. The van der Waals surface area contributed by atoms with E-state index in [-0.39, 0.29) is 0 Å². The van der Waals surface area contributed by atoms with E-state index in [1.165, 1.54) is 0 Å². The Hall–Kier alpha value is -1.47. The maximum Gasteiger partial charge on any atom is 0.0461 e. The SMILES string of the molecule is Cc1c(Cl)cc(N)cc1-c1cc[c]cc1. The van der Waals surface area contributed by atoms with Crippen LogP contribution in [0.2, 0.25) is 5.02 Å². The summed E-state index contributed by atoms with van der Waals surface area (Å²) < 4.78 is 0. The van der Waals surface area contributed by atoms with Gasteiger partial charge in [0, 0.05) is 10.7 Å². The Morgan fingerprint density at radius 1 is 1.20 bits per heavy atom. The molecule has 0 heterocycles. The Labute approximate surface area is 94.5 Å². The maximum absolute atomic E-state index is 6.08. The third-order valence-corrected chi connectivity index (χ3v) is 2.79. The number of anilines is 1. The summed E-state index contributed by atoms with van der Waals surface area (Å²) in [5, 5.41) is 0.706. The van der Waals surface area contributed by atoms with Gasteiger partial charge in [0.25, 0.3) is 0 Å². The summed E-state index contributed by atoms with van der Waals surface area (Å²) >= 11 is 6.08. The summed E-state index contributed by atoms with van der Waals surface area (Å²) in [7, 11) is 0. The van der Waals surface area contributed by atoms with Crippen LogP contribution in [0.4, 0.5) is 5.69 Å². The van der Waals surface area contributed by atoms with Crippen molar-refractivity contribution >= 4 is 17.3 Å². The van der Waals surface area contributed by atoms with Crippen LogP contribution < -0.4 is 5.73 Å². The molecule has 0 aliphatic carbocycles. The van der Waals surface area contributed by atoms with E-state index in [1.54, 1.807) is 6.07 Å². The molecule has 0 aliphatic rings. The van der Waals surface area contributed by atoms with Gasteiger partial charge in [-0.25, -0.2) is 0 Å². The van der Waals surface area contributed by atoms with Crippen molar-refractivity contribution in [1.29, 1.82) is 0 Å². The molecule has 0 fully saturated rings. The molecule has 0 spiro atoms. The standard InChI is InChI=1S/C13H11ClN/c1-9-12(7-11(15)8-13(9)14)10-5-3-2-4-6-10/h3-8H,15H2,1H3. The molecular formula is C13H11ClN. The highest BCUT2D eigenvalue weighted by Gasteiger charge is 2.05. The fourth-order valence-electron chi connectivity index (χ4n) is 1.57. The molecule has 0 saturated heterocycles. The number of nitrogens with two attached hydrogens (primary N) is 1. The van der Waals surface area contributed by atoms with E-state index in [0.29, 0.717) is 10.7 Å². The highest BCUT2D eigenvalue weighted by atomic mass is 35.5. The predicted octanol–water partition coefficient (Wildman–Crippen LogP) is 3.70. The van der Waals surface area contributed by atoms with Crippen LogP contribution in [0.15, 0.2) is 36.4 Å². The van der Waals surface area contributed by atoms with E-state index in [4.69, 9.17) is 17.3 Å². The number of hydrogen-bond acceptors (Lipinski definition) is 1. The first-order valence-corrected chi connectivity index (χ1v) is 5.08. The fourth-order valence-corrected chi connectivity index (χ4v) is 1.79. The van der Waals surface area contributed by atoms with E-state index in [1.807, 2.05) is 37.3 Å². The van der Waals surface area contributed by atoms with Gasteiger partial charge in [0.2, 0.25) is 0 Å². The van der Waals surface area contributed by atoms with Crippen molar-refractivity contribution in [3.05, 3.63) is 53.1 Å². The molecule has 0 bridgehead atoms. The van der Waals surface area contributed by atoms with Crippen molar-refractivity contribution in [2.75, 3.05) is 5.73 Å². The highest BCUT2D eigenvalue weighted by molar-refractivity contribution is 6.32. The second-order valence-electron chi connectivity index (χ2n) is 3.46. The summed E-state index contributed by atoms with van der Waals surface area (Å²) in [5.74, 6) is 0. The lowest BCUT2D eigenvalue weighted by Gasteiger charge is -2.09. The summed E-state index contributed by atoms with van der Waals surface area (Å²) in [6.07, 6.45) is 0. The number of benzene rings is 2. The van der Waals surface area contributed by atoms with Crippen molar-refractivity contribution in [3.8, 4) is 11.1 Å². The van der Waals surface area contributed by atoms with Gasteiger partial charge in [-0.1, -0.05) is 35.9 Å². The molecule has 0 aliphatic heterocycles. The van der Waals surface area contributed by atoms with Gasteiger partial charge in [-0.2, -0.15) is 0 Å². The van der Waals surface area contributed by atoms with Gasteiger partial charge in [-0.15, -0.1) is 0 Å². The Morgan fingerprint density at radius 2 is 1.87 bits per heavy atom. The lowest BCUT2D eigenvalue weighted by Crippen LogP contribution is -1.90. The van der Waals surface area contributed by atoms with E-state index >= 15 is 0 Å². The summed E-state index contributed by atoms with van der Waals surface area (Å²) in [4.78, 5) is 0. The van der Waals surface area contributed by atoms with Crippen LogP contribution >= 0.6 is 11.6 Å². The number of halogens is 1. The minimum atomic E-state index is 0.688. The van der Waals surface area contributed by atoms with Crippen LogP contribution in [0, 0.1) is 13.0 Å². The minimum Gasteiger partial charge on any atom is -0.399 e. The molecule has 2 aromatic carbocycles. The molecule has 0 saturated carbocycles. The quantitative estimate of drug-likeness (QED) is 0.723. The molecule has 75 valence electrons. The van der Waals surface area contributed by atoms with Gasteiger partial charge in [0.1, 0.15) is 0 Å². The lowest BCUT2D eigenvalue weighted by atomic mass is 10.00. The van der Waals surface area contributed by atoms with Crippen molar-refractivity contribution in [1.82, 2.24) is 0 Å². The topological polar surface area (TPSA) is 26.0 Å². The van der Waals surface area contributed by atoms with Crippen LogP contribution in [0.3, 0.4) is 0 Å². The molecule has 2 rings (SSSR count). The van der Waals surface area contributed by atoms with Crippen LogP contribution in [0.25, 0.3) is 11.1 Å². The first kappa shape index (κ1) is 10.1. The molecule has 1 radical (unpaired) electrons. The molecular weight excluding hydrogens is 206 g/mol. The Balaban J connectivity index is 2.63. The van der Waals surface area contributed by atoms with Crippen LogP contribution in [0.1, 0.15) is 5.56 Å². The van der Waals surface area contributed by atoms with E-state index in [9.17, 15) is 0 Å². The van der Waals surface area contributed by atoms with E-state index < -0.39 is 0 Å². The zero-order valence-electron chi connectivity index (χ0n) is 8.42. The average molecular weight is 217 g/mol. The highest BCUT2D eigenvalue weighted by Crippen LogP contribution is 2.30. The second kappa shape index (κ2) is 3.95. The molecule has 1 nitrogen and oxygen atoms in total. The maximum atomic E-state index is 6.08. The molecule has 2 N–H and O–H groups in total. The molecule has 0 atom stereocenters. The van der Waals surface area contributed by atoms with Crippen molar-refractivity contribution < 1.29 is 0 Å². The van der Waals surface area contributed by atoms with E-state index in [0.717, 1.165) is 16.7 Å². The third-order valence-electron chi connectivity index (χ3n) is 2.40. The molecule has 2 heteroatoms.